The van der Waals surface area contributed by atoms with Gasteiger partial charge in [0.2, 0.25) is 21.8 Å². The van der Waals surface area contributed by atoms with Crippen LogP contribution in [0.15, 0.2) is 45.8 Å². The molecule has 0 aliphatic heterocycles. The zero-order chi connectivity index (χ0) is 27.9. The Morgan fingerprint density at radius 3 is 2.53 bits per heavy atom. The number of rotatable bonds is 13. The molecule has 0 aliphatic rings. The van der Waals surface area contributed by atoms with Crippen molar-refractivity contribution in [3.05, 3.63) is 57.9 Å². The highest BCUT2D eigenvalue weighted by atomic mass is 35.5. The summed E-state index contributed by atoms with van der Waals surface area (Å²) < 4.78 is 33.2. The van der Waals surface area contributed by atoms with Gasteiger partial charge in [0, 0.05) is 29.9 Å². The molecule has 3 aromatic rings. The Bertz CT molecular complexity index is 1390. The number of carbonyl (C=O) groups is 2. The second kappa shape index (κ2) is 13.4. The number of hydrogen-bond acceptors (Lipinski definition) is 6. The van der Waals surface area contributed by atoms with Crippen LogP contribution in [0.3, 0.4) is 0 Å². The number of sulfonamides is 1. The number of aryl methyl sites for hydroxylation is 1. The van der Waals surface area contributed by atoms with E-state index in [2.05, 4.69) is 20.3 Å². The van der Waals surface area contributed by atoms with E-state index >= 15 is 0 Å². The summed E-state index contributed by atoms with van der Waals surface area (Å²) in [7, 11) is -3.78. The summed E-state index contributed by atoms with van der Waals surface area (Å²) in [6.07, 6.45) is 3.17. The van der Waals surface area contributed by atoms with Gasteiger partial charge in [-0.05, 0) is 62.4 Å². The number of hydrogen-bond donors (Lipinski definition) is 3. The minimum atomic E-state index is -3.78. The number of furan rings is 1. The number of halogens is 2. The molecule has 9 nitrogen and oxygen atoms in total. The lowest BCUT2D eigenvalue weighted by atomic mass is 10.0. The van der Waals surface area contributed by atoms with Crippen molar-refractivity contribution in [3.63, 3.8) is 0 Å². The molecule has 0 unspecified atom stereocenters. The number of unbranched alkanes of at least 4 members (excludes halogenated alkanes) is 1. The summed E-state index contributed by atoms with van der Waals surface area (Å²) in [5.41, 5.74) is 2.13. The summed E-state index contributed by atoms with van der Waals surface area (Å²) in [6.45, 7) is 6.31. The van der Waals surface area contributed by atoms with Gasteiger partial charge >= 0.3 is 0 Å². The Morgan fingerprint density at radius 1 is 1.11 bits per heavy atom. The highest BCUT2D eigenvalue weighted by Crippen LogP contribution is 2.25. The zero-order valence-corrected chi connectivity index (χ0v) is 23.8. The van der Waals surface area contributed by atoms with Crippen LogP contribution in [0.4, 0.5) is 0 Å². The number of fused-ring (bicyclic) bond motifs is 1. The standard InChI is InChI=1S/C26H32Cl2N4O5S/c1-16(2)13-20(32-24(33)15-22-17(3)25-21(37-22)7-6-11-29-25)26(34)30-10-4-5-12-31-38(35,36)23-9-8-18(27)14-19(23)28/h6-9,11,14,16,20,31H,4-5,10,12-13,15H2,1-3H3,(H,30,34)(H,32,33)/t20-/m0/s1. The number of amides is 2. The first kappa shape index (κ1) is 29.9. The molecule has 206 valence electrons. The lowest BCUT2D eigenvalue weighted by Crippen LogP contribution is -2.48. The van der Waals surface area contributed by atoms with Crippen LogP contribution in [0.2, 0.25) is 10.0 Å². The topological polar surface area (TPSA) is 130 Å². The van der Waals surface area contributed by atoms with Gasteiger partial charge in [0.25, 0.3) is 0 Å². The van der Waals surface area contributed by atoms with E-state index in [0.29, 0.717) is 47.7 Å². The molecule has 12 heteroatoms. The van der Waals surface area contributed by atoms with E-state index in [9.17, 15) is 18.0 Å². The first-order chi connectivity index (χ1) is 18.0. The maximum absolute atomic E-state index is 12.8. The van der Waals surface area contributed by atoms with Crippen LogP contribution < -0.4 is 15.4 Å². The smallest absolute Gasteiger partial charge is 0.242 e. The molecule has 0 bridgehead atoms. The van der Waals surface area contributed by atoms with Crippen molar-refractivity contribution in [2.45, 2.75) is 57.4 Å². The van der Waals surface area contributed by atoms with Crippen LogP contribution in [0.25, 0.3) is 11.1 Å². The van der Waals surface area contributed by atoms with E-state index in [1.807, 2.05) is 20.8 Å². The summed E-state index contributed by atoms with van der Waals surface area (Å²) in [5, 5.41) is 6.05. The first-order valence-electron chi connectivity index (χ1n) is 12.3. The van der Waals surface area contributed by atoms with Gasteiger partial charge in [-0.25, -0.2) is 13.1 Å². The largest absolute Gasteiger partial charge is 0.459 e. The molecule has 1 aromatic carbocycles. The third kappa shape index (κ3) is 8.17. The van der Waals surface area contributed by atoms with E-state index in [1.54, 1.807) is 18.3 Å². The summed E-state index contributed by atoms with van der Waals surface area (Å²) in [4.78, 5) is 29.8. The normalized spacial score (nSPS) is 12.6. The molecule has 0 radical (unpaired) electrons. The Kier molecular flexibility index (Phi) is 10.6. The van der Waals surface area contributed by atoms with Gasteiger partial charge in [0.05, 0.1) is 11.4 Å². The number of nitrogens with zero attached hydrogens (tertiary/aromatic N) is 1. The van der Waals surface area contributed by atoms with Crippen molar-refractivity contribution in [2.24, 2.45) is 5.92 Å². The Morgan fingerprint density at radius 2 is 1.84 bits per heavy atom. The molecule has 0 saturated carbocycles. The van der Waals surface area contributed by atoms with Gasteiger partial charge in [0.15, 0.2) is 5.58 Å². The predicted octanol–water partition coefficient (Wildman–Crippen LogP) is 4.39. The Labute approximate surface area is 232 Å². The van der Waals surface area contributed by atoms with Crippen molar-refractivity contribution < 1.29 is 22.4 Å². The fourth-order valence-electron chi connectivity index (χ4n) is 3.92. The van der Waals surface area contributed by atoms with Crippen LogP contribution in [0, 0.1) is 12.8 Å². The number of benzene rings is 1. The minimum Gasteiger partial charge on any atom is -0.459 e. The molecular weight excluding hydrogens is 551 g/mol. The summed E-state index contributed by atoms with van der Waals surface area (Å²) >= 11 is 11.8. The molecule has 3 N–H and O–H groups in total. The summed E-state index contributed by atoms with van der Waals surface area (Å²) in [5.74, 6) is 0.0892. The van der Waals surface area contributed by atoms with E-state index in [-0.39, 0.29) is 40.6 Å². The van der Waals surface area contributed by atoms with Crippen molar-refractivity contribution >= 4 is 56.1 Å². The van der Waals surface area contributed by atoms with Gasteiger partial charge in [-0.3, -0.25) is 14.6 Å². The second-order valence-electron chi connectivity index (χ2n) is 9.40. The average Bonchev–Trinajstić information content (AvgIpc) is 3.15. The number of aromatic nitrogens is 1. The maximum atomic E-state index is 12.8. The highest BCUT2D eigenvalue weighted by molar-refractivity contribution is 7.89. The van der Waals surface area contributed by atoms with Crippen molar-refractivity contribution in [3.8, 4) is 0 Å². The lowest BCUT2D eigenvalue weighted by Gasteiger charge is -2.20. The van der Waals surface area contributed by atoms with Gasteiger partial charge in [-0.2, -0.15) is 0 Å². The van der Waals surface area contributed by atoms with E-state index in [1.165, 1.54) is 18.2 Å². The molecule has 0 aliphatic carbocycles. The molecular formula is C26H32Cl2N4O5S. The van der Waals surface area contributed by atoms with Gasteiger partial charge in [-0.1, -0.05) is 37.0 Å². The zero-order valence-electron chi connectivity index (χ0n) is 21.5. The third-order valence-electron chi connectivity index (χ3n) is 5.84. The fourth-order valence-corrected chi connectivity index (χ4v) is 5.77. The highest BCUT2D eigenvalue weighted by Gasteiger charge is 2.23. The van der Waals surface area contributed by atoms with Gasteiger partial charge in [-0.15, -0.1) is 0 Å². The van der Waals surface area contributed by atoms with Gasteiger partial charge in [0.1, 0.15) is 22.2 Å². The molecule has 0 fully saturated rings. The SMILES string of the molecule is Cc1c(CC(=O)N[C@@H](CC(C)C)C(=O)NCCCCNS(=O)(=O)c2ccc(Cl)cc2Cl)oc2cccnc12. The van der Waals surface area contributed by atoms with Crippen LogP contribution in [-0.2, 0) is 26.0 Å². The molecule has 0 saturated heterocycles. The molecule has 3 rings (SSSR count). The van der Waals surface area contributed by atoms with E-state index in [0.717, 1.165) is 5.56 Å². The van der Waals surface area contributed by atoms with Crippen molar-refractivity contribution in [1.29, 1.82) is 0 Å². The number of carbonyl (C=O) groups excluding carboxylic acids is 2. The van der Waals surface area contributed by atoms with Crippen LogP contribution in [0.5, 0.6) is 0 Å². The molecule has 2 amide bonds. The van der Waals surface area contributed by atoms with Crippen LogP contribution in [0.1, 0.15) is 44.4 Å². The average molecular weight is 584 g/mol. The lowest BCUT2D eigenvalue weighted by molar-refractivity contribution is -0.129. The van der Waals surface area contributed by atoms with Crippen molar-refractivity contribution in [1.82, 2.24) is 20.3 Å². The Balaban J connectivity index is 1.46. The summed E-state index contributed by atoms with van der Waals surface area (Å²) in [6, 6.07) is 7.04. The third-order valence-corrected chi connectivity index (χ3v) is 8.01. The van der Waals surface area contributed by atoms with E-state index < -0.39 is 16.1 Å². The molecule has 2 heterocycles. The van der Waals surface area contributed by atoms with Crippen LogP contribution >= 0.6 is 23.2 Å². The second-order valence-corrected chi connectivity index (χ2v) is 12.0. The maximum Gasteiger partial charge on any atom is 0.242 e. The minimum absolute atomic E-state index is 0.00183. The number of nitrogens with one attached hydrogen (secondary N) is 3. The molecule has 2 aromatic heterocycles. The molecule has 0 spiro atoms. The van der Waals surface area contributed by atoms with Crippen molar-refractivity contribution in [2.75, 3.05) is 13.1 Å². The fraction of sp³-hybridized carbons (Fsp3) is 0.423. The van der Waals surface area contributed by atoms with E-state index in [4.69, 9.17) is 27.6 Å². The monoisotopic (exact) mass is 582 g/mol. The quantitative estimate of drug-likeness (QED) is 0.256. The predicted molar refractivity (Wildman–Crippen MR) is 148 cm³/mol. The first-order valence-corrected chi connectivity index (χ1v) is 14.6. The van der Waals surface area contributed by atoms with Gasteiger partial charge < -0.3 is 15.1 Å². The van der Waals surface area contributed by atoms with Crippen LogP contribution in [-0.4, -0.2) is 44.3 Å². The number of pyridine rings is 1. The molecule has 1 atom stereocenters. The molecule has 38 heavy (non-hydrogen) atoms. The Hall–Kier alpha value is -2.66.